The van der Waals surface area contributed by atoms with Gasteiger partial charge in [-0.05, 0) is 36.8 Å². The van der Waals surface area contributed by atoms with Crippen molar-refractivity contribution in [1.29, 1.82) is 0 Å². The van der Waals surface area contributed by atoms with Gasteiger partial charge in [0.2, 0.25) is 5.91 Å². The normalized spacial score (nSPS) is 10.3. The van der Waals surface area contributed by atoms with Crippen molar-refractivity contribution >= 4 is 34.8 Å². The first-order valence-electron chi connectivity index (χ1n) is 5.85. The van der Waals surface area contributed by atoms with E-state index in [4.69, 9.17) is 23.2 Å². The molecule has 19 heavy (non-hydrogen) atoms. The summed E-state index contributed by atoms with van der Waals surface area (Å²) in [6.45, 7) is 2.00. The quantitative estimate of drug-likeness (QED) is 0.888. The van der Waals surface area contributed by atoms with Crippen LogP contribution in [0.2, 0.25) is 10.0 Å². The average Bonchev–Trinajstić information content (AvgIpc) is 2.37. The number of carbonyl (C=O) groups excluding carboxylic acids is 1. The maximum Gasteiger partial charge on any atom is 0.228 e. The Balaban J connectivity index is 2.07. The Morgan fingerprint density at radius 3 is 2.21 bits per heavy atom. The first-order valence-corrected chi connectivity index (χ1v) is 6.61. The molecule has 2 nitrogen and oxygen atoms in total. The summed E-state index contributed by atoms with van der Waals surface area (Å²) in [4.78, 5) is 11.9. The molecule has 0 radical (unpaired) electrons. The minimum absolute atomic E-state index is 0.140. The van der Waals surface area contributed by atoms with Gasteiger partial charge in [0.25, 0.3) is 0 Å². The molecule has 0 fully saturated rings. The summed E-state index contributed by atoms with van der Waals surface area (Å²) in [5.74, 6) is -0.140. The highest BCUT2D eigenvalue weighted by atomic mass is 35.5. The first-order chi connectivity index (χ1) is 9.06. The summed E-state index contributed by atoms with van der Waals surface area (Å²) in [7, 11) is 0. The van der Waals surface area contributed by atoms with Crippen molar-refractivity contribution in [3.63, 3.8) is 0 Å². The van der Waals surface area contributed by atoms with Gasteiger partial charge < -0.3 is 5.32 Å². The second-order valence-electron chi connectivity index (χ2n) is 4.29. The molecule has 2 rings (SSSR count). The molecule has 0 aromatic heterocycles. The fourth-order valence-corrected chi connectivity index (χ4v) is 2.23. The summed E-state index contributed by atoms with van der Waals surface area (Å²) >= 11 is 12.1. The van der Waals surface area contributed by atoms with Gasteiger partial charge in [0.15, 0.2) is 0 Å². The standard InChI is InChI=1S/C15H13Cl2NO/c1-10-5-7-11(8-6-10)18-15(19)9-12-13(16)3-2-4-14(12)17/h2-8H,9H2,1H3,(H,18,19). The minimum Gasteiger partial charge on any atom is -0.326 e. The molecular formula is C15H13Cl2NO. The topological polar surface area (TPSA) is 29.1 Å². The van der Waals surface area contributed by atoms with E-state index < -0.39 is 0 Å². The highest BCUT2D eigenvalue weighted by Crippen LogP contribution is 2.25. The van der Waals surface area contributed by atoms with Gasteiger partial charge in [0.1, 0.15) is 0 Å². The lowest BCUT2D eigenvalue weighted by atomic mass is 10.1. The minimum atomic E-state index is -0.140. The van der Waals surface area contributed by atoms with E-state index in [9.17, 15) is 4.79 Å². The Hall–Kier alpha value is -1.51. The highest BCUT2D eigenvalue weighted by Gasteiger charge is 2.10. The molecule has 0 saturated carbocycles. The Morgan fingerprint density at radius 1 is 1.05 bits per heavy atom. The second-order valence-corrected chi connectivity index (χ2v) is 5.11. The summed E-state index contributed by atoms with van der Waals surface area (Å²) in [6.07, 6.45) is 0.159. The molecule has 0 bridgehead atoms. The van der Waals surface area contributed by atoms with Crippen LogP contribution in [0.5, 0.6) is 0 Å². The van der Waals surface area contributed by atoms with Gasteiger partial charge in [-0.1, -0.05) is 47.0 Å². The molecule has 0 saturated heterocycles. The lowest BCUT2D eigenvalue weighted by Crippen LogP contribution is -2.14. The number of amides is 1. The molecule has 0 atom stereocenters. The number of aryl methyl sites for hydroxylation is 1. The van der Waals surface area contributed by atoms with Gasteiger partial charge in [-0.2, -0.15) is 0 Å². The van der Waals surface area contributed by atoms with Crippen LogP contribution in [0.25, 0.3) is 0 Å². The van der Waals surface area contributed by atoms with Crippen molar-refractivity contribution in [2.24, 2.45) is 0 Å². The zero-order valence-electron chi connectivity index (χ0n) is 10.4. The number of hydrogen-bond acceptors (Lipinski definition) is 1. The number of anilines is 1. The Morgan fingerprint density at radius 2 is 1.63 bits per heavy atom. The fourth-order valence-electron chi connectivity index (χ4n) is 1.70. The van der Waals surface area contributed by atoms with Crippen molar-refractivity contribution < 1.29 is 4.79 Å². The molecule has 1 amide bonds. The monoisotopic (exact) mass is 293 g/mol. The van der Waals surface area contributed by atoms with Crippen molar-refractivity contribution in [1.82, 2.24) is 0 Å². The molecule has 0 aliphatic rings. The van der Waals surface area contributed by atoms with Crippen LogP contribution in [0.1, 0.15) is 11.1 Å². The number of hydrogen-bond donors (Lipinski definition) is 1. The number of halogens is 2. The predicted octanol–water partition coefficient (Wildman–Crippen LogP) is 4.48. The van der Waals surface area contributed by atoms with Gasteiger partial charge in [0, 0.05) is 15.7 Å². The SMILES string of the molecule is Cc1ccc(NC(=O)Cc2c(Cl)cccc2Cl)cc1. The fraction of sp³-hybridized carbons (Fsp3) is 0.133. The third-order valence-electron chi connectivity index (χ3n) is 2.73. The van der Waals surface area contributed by atoms with E-state index in [1.165, 1.54) is 0 Å². The number of nitrogens with one attached hydrogen (secondary N) is 1. The lowest BCUT2D eigenvalue weighted by Gasteiger charge is -2.08. The largest absolute Gasteiger partial charge is 0.326 e. The van der Waals surface area contributed by atoms with Crippen molar-refractivity contribution in [2.45, 2.75) is 13.3 Å². The van der Waals surface area contributed by atoms with E-state index in [-0.39, 0.29) is 12.3 Å². The molecule has 0 aliphatic carbocycles. The summed E-state index contributed by atoms with van der Waals surface area (Å²) in [5, 5.41) is 3.83. The zero-order chi connectivity index (χ0) is 13.8. The number of benzene rings is 2. The maximum atomic E-state index is 11.9. The van der Waals surface area contributed by atoms with Crippen LogP contribution in [0.4, 0.5) is 5.69 Å². The zero-order valence-corrected chi connectivity index (χ0v) is 11.9. The van der Waals surface area contributed by atoms with Crippen molar-refractivity contribution in [3.05, 3.63) is 63.6 Å². The Bertz CT molecular complexity index is 573. The molecule has 1 N–H and O–H groups in total. The molecule has 0 heterocycles. The smallest absolute Gasteiger partial charge is 0.228 e. The van der Waals surface area contributed by atoms with Crippen LogP contribution in [0.15, 0.2) is 42.5 Å². The van der Waals surface area contributed by atoms with Crippen LogP contribution in [-0.2, 0) is 11.2 Å². The first kappa shape index (κ1) is 13.9. The van der Waals surface area contributed by atoms with E-state index in [1.54, 1.807) is 18.2 Å². The lowest BCUT2D eigenvalue weighted by molar-refractivity contribution is -0.115. The predicted molar refractivity (Wildman–Crippen MR) is 80.0 cm³/mol. The van der Waals surface area contributed by atoms with E-state index in [0.717, 1.165) is 11.3 Å². The third kappa shape index (κ3) is 3.72. The number of rotatable bonds is 3. The second kappa shape index (κ2) is 6.09. The van der Waals surface area contributed by atoms with E-state index in [0.29, 0.717) is 15.6 Å². The summed E-state index contributed by atoms with van der Waals surface area (Å²) < 4.78 is 0. The van der Waals surface area contributed by atoms with E-state index in [1.807, 2.05) is 31.2 Å². The van der Waals surface area contributed by atoms with Gasteiger partial charge >= 0.3 is 0 Å². The van der Waals surface area contributed by atoms with Crippen LogP contribution in [-0.4, -0.2) is 5.91 Å². The maximum absolute atomic E-state index is 11.9. The van der Waals surface area contributed by atoms with Crippen LogP contribution in [0.3, 0.4) is 0 Å². The molecule has 0 spiro atoms. The van der Waals surface area contributed by atoms with E-state index >= 15 is 0 Å². The Kier molecular flexibility index (Phi) is 4.46. The molecule has 0 aliphatic heterocycles. The average molecular weight is 294 g/mol. The van der Waals surface area contributed by atoms with Crippen LogP contribution in [0, 0.1) is 6.92 Å². The molecule has 0 unspecified atom stereocenters. The van der Waals surface area contributed by atoms with Gasteiger partial charge in [-0.15, -0.1) is 0 Å². The third-order valence-corrected chi connectivity index (χ3v) is 3.44. The highest BCUT2D eigenvalue weighted by molar-refractivity contribution is 6.36. The molecular weight excluding hydrogens is 281 g/mol. The van der Waals surface area contributed by atoms with Crippen molar-refractivity contribution in [2.75, 3.05) is 5.32 Å². The van der Waals surface area contributed by atoms with Crippen LogP contribution < -0.4 is 5.32 Å². The van der Waals surface area contributed by atoms with Gasteiger partial charge in [-0.25, -0.2) is 0 Å². The van der Waals surface area contributed by atoms with Gasteiger partial charge in [-0.3, -0.25) is 4.79 Å². The van der Waals surface area contributed by atoms with Crippen LogP contribution >= 0.6 is 23.2 Å². The van der Waals surface area contributed by atoms with Gasteiger partial charge in [0.05, 0.1) is 6.42 Å². The molecule has 2 aromatic rings. The summed E-state index contributed by atoms with van der Waals surface area (Å²) in [6, 6.07) is 12.8. The molecule has 98 valence electrons. The number of carbonyl (C=O) groups is 1. The molecule has 4 heteroatoms. The summed E-state index contributed by atoms with van der Waals surface area (Å²) in [5.41, 5.74) is 2.56. The van der Waals surface area contributed by atoms with Crippen molar-refractivity contribution in [3.8, 4) is 0 Å². The Labute approximate surface area is 122 Å². The van der Waals surface area contributed by atoms with E-state index in [2.05, 4.69) is 5.32 Å². The molecule has 2 aromatic carbocycles.